The molecule has 0 fully saturated rings. The molecule has 3 aromatic rings. The van der Waals surface area contributed by atoms with E-state index in [0.29, 0.717) is 11.3 Å². The number of hydrogen-bond donors (Lipinski definition) is 0. The van der Waals surface area contributed by atoms with E-state index in [1.165, 1.54) is 33.1 Å². The molecule has 7 nitrogen and oxygen atoms in total. The van der Waals surface area contributed by atoms with Crippen molar-refractivity contribution in [2.75, 3.05) is 7.11 Å². The number of carbonyl (C=O) groups excluding carboxylic acids is 2. The smallest absolute Gasteiger partial charge is 0.308 e. The van der Waals surface area contributed by atoms with Crippen LogP contribution in [0.4, 0.5) is 0 Å². The SMILES string of the molecule is COc1c(OC(C)=O)cc(OC(C)=O)c2c(=O)cc(-c3ccccc3)oc12. The van der Waals surface area contributed by atoms with E-state index in [1.807, 2.05) is 6.07 Å². The van der Waals surface area contributed by atoms with E-state index in [-0.39, 0.29) is 28.2 Å². The van der Waals surface area contributed by atoms with Crippen molar-refractivity contribution >= 4 is 22.9 Å². The first-order chi connectivity index (χ1) is 12.9. The van der Waals surface area contributed by atoms with Gasteiger partial charge in [0.05, 0.1) is 7.11 Å². The van der Waals surface area contributed by atoms with Crippen LogP contribution in [0.3, 0.4) is 0 Å². The fourth-order valence-electron chi connectivity index (χ4n) is 2.66. The zero-order valence-corrected chi connectivity index (χ0v) is 14.9. The number of esters is 2. The van der Waals surface area contributed by atoms with Crippen LogP contribution in [-0.4, -0.2) is 19.0 Å². The van der Waals surface area contributed by atoms with Crippen LogP contribution in [-0.2, 0) is 9.59 Å². The third kappa shape index (κ3) is 3.67. The number of ether oxygens (including phenoxy) is 3. The second-order valence-electron chi connectivity index (χ2n) is 5.64. The monoisotopic (exact) mass is 368 g/mol. The summed E-state index contributed by atoms with van der Waals surface area (Å²) in [5, 5.41) is 0.0117. The Morgan fingerprint density at radius 1 is 0.926 bits per heavy atom. The minimum Gasteiger partial charge on any atom is -0.490 e. The Morgan fingerprint density at radius 2 is 1.56 bits per heavy atom. The average Bonchev–Trinajstić information content (AvgIpc) is 2.61. The van der Waals surface area contributed by atoms with Gasteiger partial charge in [-0.3, -0.25) is 14.4 Å². The van der Waals surface area contributed by atoms with Crippen molar-refractivity contribution < 1.29 is 28.2 Å². The zero-order valence-electron chi connectivity index (χ0n) is 14.9. The molecule has 27 heavy (non-hydrogen) atoms. The number of benzene rings is 2. The molecule has 0 atom stereocenters. The lowest BCUT2D eigenvalue weighted by Crippen LogP contribution is -2.10. The van der Waals surface area contributed by atoms with Crippen LogP contribution in [0, 0.1) is 0 Å². The molecule has 0 aliphatic carbocycles. The van der Waals surface area contributed by atoms with Crippen LogP contribution in [0.15, 0.2) is 51.7 Å². The van der Waals surface area contributed by atoms with Gasteiger partial charge >= 0.3 is 11.9 Å². The molecule has 0 saturated heterocycles. The van der Waals surface area contributed by atoms with Crippen LogP contribution < -0.4 is 19.6 Å². The number of fused-ring (bicyclic) bond motifs is 1. The predicted octanol–water partition coefficient (Wildman–Crippen LogP) is 3.32. The summed E-state index contributed by atoms with van der Waals surface area (Å²) < 4.78 is 21.5. The van der Waals surface area contributed by atoms with Gasteiger partial charge in [0.2, 0.25) is 5.75 Å². The van der Waals surface area contributed by atoms with Crippen LogP contribution in [0.5, 0.6) is 17.2 Å². The highest BCUT2D eigenvalue weighted by atomic mass is 16.6. The van der Waals surface area contributed by atoms with Gasteiger partial charge in [0, 0.05) is 31.5 Å². The fraction of sp³-hybridized carbons (Fsp3) is 0.150. The van der Waals surface area contributed by atoms with Crippen molar-refractivity contribution in [1.29, 1.82) is 0 Å². The number of carbonyl (C=O) groups is 2. The number of hydrogen-bond acceptors (Lipinski definition) is 7. The van der Waals surface area contributed by atoms with E-state index in [0.717, 1.165) is 0 Å². The number of rotatable bonds is 4. The summed E-state index contributed by atoms with van der Waals surface area (Å²) in [6.07, 6.45) is 0. The summed E-state index contributed by atoms with van der Waals surface area (Å²) >= 11 is 0. The summed E-state index contributed by atoms with van der Waals surface area (Å²) in [5.74, 6) is -1.01. The van der Waals surface area contributed by atoms with Gasteiger partial charge in [0.15, 0.2) is 16.8 Å². The summed E-state index contributed by atoms with van der Waals surface area (Å²) in [4.78, 5) is 35.6. The van der Waals surface area contributed by atoms with Gasteiger partial charge in [-0.15, -0.1) is 0 Å². The topological polar surface area (TPSA) is 92.0 Å². The lowest BCUT2D eigenvalue weighted by atomic mass is 10.1. The van der Waals surface area contributed by atoms with Crippen molar-refractivity contribution in [3.8, 4) is 28.6 Å². The lowest BCUT2D eigenvalue weighted by molar-refractivity contribution is -0.132. The standard InChI is InChI=1S/C20H16O7/c1-11(21)25-16-10-17(26-12(2)22)19(24-3)20-18(16)14(23)9-15(27-20)13-7-5-4-6-8-13/h4-10H,1-3H3. The molecule has 0 aliphatic heterocycles. The summed E-state index contributed by atoms with van der Waals surface area (Å²) in [5.41, 5.74) is 0.253. The minimum atomic E-state index is -0.637. The van der Waals surface area contributed by atoms with Crippen LogP contribution in [0.1, 0.15) is 13.8 Å². The predicted molar refractivity (Wildman–Crippen MR) is 97.1 cm³/mol. The third-order valence-corrected chi connectivity index (χ3v) is 3.66. The first-order valence-corrected chi connectivity index (χ1v) is 8.01. The van der Waals surface area contributed by atoms with Crippen molar-refractivity contribution in [1.82, 2.24) is 0 Å². The highest BCUT2D eigenvalue weighted by molar-refractivity contribution is 5.94. The molecule has 0 radical (unpaired) electrons. The highest BCUT2D eigenvalue weighted by Crippen LogP contribution is 2.41. The molecule has 7 heteroatoms. The van der Waals surface area contributed by atoms with E-state index in [4.69, 9.17) is 18.6 Å². The van der Waals surface area contributed by atoms with Gasteiger partial charge < -0.3 is 18.6 Å². The molecule has 0 N–H and O–H groups in total. The summed E-state index contributed by atoms with van der Waals surface area (Å²) in [6.45, 7) is 2.41. The molecule has 0 spiro atoms. The van der Waals surface area contributed by atoms with Gasteiger partial charge in [-0.25, -0.2) is 0 Å². The maximum absolute atomic E-state index is 12.8. The first kappa shape index (κ1) is 18.2. The van der Waals surface area contributed by atoms with Gasteiger partial charge in [0.25, 0.3) is 0 Å². The molecule has 0 saturated carbocycles. The van der Waals surface area contributed by atoms with Crippen molar-refractivity contribution in [3.63, 3.8) is 0 Å². The first-order valence-electron chi connectivity index (χ1n) is 8.01. The second kappa shape index (κ2) is 7.33. The van der Waals surface area contributed by atoms with Crippen LogP contribution >= 0.6 is 0 Å². The third-order valence-electron chi connectivity index (χ3n) is 3.66. The van der Waals surface area contributed by atoms with Crippen molar-refractivity contribution in [2.45, 2.75) is 13.8 Å². The molecular formula is C20H16O7. The molecule has 138 valence electrons. The van der Waals surface area contributed by atoms with E-state index >= 15 is 0 Å². The second-order valence-corrected chi connectivity index (χ2v) is 5.64. The molecule has 1 aromatic heterocycles. The van der Waals surface area contributed by atoms with Gasteiger partial charge in [0.1, 0.15) is 16.9 Å². The van der Waals surface area contributed by atoms with Crippen LogP contribution in [0.25, 0.3) is 22.3 Å². The lowest BCUT2D eigenvalue weighted by Gasteiger charge is -2.14. The number of methoxy groups -OCH3 is 1. The Balaban J connectivity index is 2.38. The Labute approximate surface area is 154 Å². The summed E-state index contributed by atoms with van der Waals surface area (Å²) in [7, 11) is 1.35. The van der Waals surface area contributed by atoms with E-state index in [1.54, 1.807) is 24.3 Å². The average molecular weight is 368 g/mol. The van der Waals surface area contributed by atoms with E-state index < -0.39 is 17.4 Å². The van der Waals surface area contributed by atoms with Gasteiger partial charge in [-0.1, -0.05) is 30.3 Å². The zero-order chi connectivity index (χ0) is 19.6. The Hall–Kier alpha value is -3.61. The van der Waals surface area contributed by atoms with Crippen molar-refractivity contribution in [2.24, 2.45) is 0 Å². The molecule has 3 rings (SSSR count). The normalized spacial score (nSPS) is 10.5. The molecule has 0 bridgehead atoms. The van der Waals surface area contributed by atoms with Crippen molar-refractivity contribution in [3.05, 3.63) is 52.7 Å². The Kier molecular flexibility index (Phi) is 4.94. The van der Waals surface area contributed by atoms with E-state index in [2.05, 4.69) is 0 Å². The minimum absolute atomic E-state index is 0.0117. The molecule has 0 unspecified atom stereocenters. The van der Waals surface area contributed by atoms with E-state index in [9.17, 15) is 14.4 Å². The fourth-order valence-corrected chi connectivity index (χ4v) is 2.66. The molecular weight excluding hydrogens is 352 g/mol. The maximum Gasteiger partial charge on any atom is 0.308 e. The molecule has 0 amide bonds. The Bertz CT molecular complexity index is 1080. The molecule has 0 aliphatic rings. The molecule has 1 heterocycles. The Morgan fingerprint density at radius 3 is 2.15 bits per heavy atom. The largest absolute Gasteiger partial charge is 0.490 e. The van der Waals surface area contributed by atoms with Crippen LogP contribution in [0.2, 0.25) is 0 Å². The maximum atomic E-state index is 12.8. The molecule has 2 aromatic carbocycles. The quantitative estimate of drug-likeness (QED) is 0.515. The van der Waals surface area contributed by atoms with Gasteiger partial charge in [-0.05, 0) is 0 Å². The highest BCUT2D eigenvalue weighted by Gasteiger charge is 2.23. The summed E-state index contributed by atoms with van der Waals surface area (Å²) in [6, 6.07) is 11.5. The van der Waals surface area contributed by atoms with Gasteiger partial charge in [-0.2, -0.15) is 0 Å².